The second kappa shape index (κ2) is 8.34. The topological polar surface area (TPSA) is 54.9 Å². The van der Waals surface area contributed by atoms with E-state index in [1.165, 1.54) is 11.3 Å². The molecule has 5 rings (SSSR count). The van der Waals surface area contributed by atoms with Gasteiger partial charge in [-0.2, -0.15) is 0 Å². The predicted molar refractivity (Wildman–Crippen MR) is 135 cm³/mol. The second-order valence-corrected chi connectivity index (χ2v) is 9.50. The maximum atomic E-state index is 13.5. The molecular formula is C24H14Cl3N3OS. The summed E-state index contributed by atoms with van der Waals surface area (Å²) in [5.41, 5.74) is 4.05. The lowest BCUT2D eigenvalue weighted by molar-refractivity contribution is 0.102. The number of hydrogen-bond donors (Lipinski definition) is 1. The molecule has 0 saturated carbocycles. The molecule has 0 spiro atoms. The number of carbonyl (C=O) groups excluding carboxylic acids is 1. The van der Waals surface area contributed by atoms with Gasteiger partial charge in [-0.25, -0.2) is 9.97 Å². The molecular weight excluding hydrogens is 485 g/mol. The SMILES string of the molecule is Cc1c(-c2ccc(Cl)cc2Cl)nc2ccccc2c1C(=O)Nc1nc2ccc(Cl)cc2s1. The number of benzene rings is 3. The van der Waals surface area contributed by atoms with Crippen molar-refractivity contribution in [3.63, 3.8) is 0 Å². The summed E-state index contributed by atoms with van der Waals surface area (Å²) < 4.78 is 0.901. The van der Waals surface area contributed by atoms with Crippen molar-refractivity contribution >= 4 is 78.3 Å². The van der Waals surface area contributed by atoms with E-state index in [0.717, 1.165) is 21.2 Å². The summed E-state index contributed by atoms with van der Waals surface area (Å²) in [5.74, 6) is -0.266. The van der Waals surface area contributed by atoms with E-state index in [0.29, 0.717) is 42.5 Å². The highest BCUT2D eigenvalue weighted by molar-refractivity contribution is 7.22. The van der Waals surface area contributed by atoms with Gasteiger partial charge in [-0.3, -0.25) is 10.1 Å². The van der Waals surface area contributed by atoms with E-state index < -0.39 is 0 Å². The summed E-state index contributed by atoms with van der Waals surface area (Å²) in [7, 11) is 0. The number of nitrogens with zero attached hydrogens (tertiary/aromatic N) is 2. The Morgan fingerprint density at radius 1 is 0.906 bits per heavy atom. The standard InChI is InChI=1S/C24H14Cl3N3OS/c1-12-21(23(31)30-24-29-19-9-7-14(26)11-20(19)32-24)16-4-2-3-5-18(16)28-22(12)15-8-6-13(25)10-17(15)27/h2-11H,1H3,(H,29,30,31). The van der Waals surface area contributed by atoms with Crippen molar-refractivity contribution in [2.75, 3.05) is 5.32 Å². The first-order valence-corrected chi connectivity index (χ1v) is 11.6. The molecule has 4 nitrogen and oxygen atoms in total. The molecule has 0 radical (unpaired) electrons. The number of thiazole rings is 1. The lowest BCUT2D eigenvalue weighted by Gasteiger charge is -2.15. The first-order chi connectivity index (χ1) is 15.4. The van der Waals surface area contributed by atoms with Gasteiger partial charge in [0.05, 0.1) is 32.0 Å². The van der Waals surface area contributed by atoms with Gasteiger partial charge in [0.15, 0.2) is 5.13 Å². The van der Waals surface area contributed by atoms with Gasteiger partial charge in [-0.15, -0.1) is 0 Å². The Balaban J connectivity index is 1.64. The van der Waals surface area contributed by atoms with Crippen LogP contribution in [0.3, 0.4) is 0 Å². The Bertz CT molecular complexity index is 1530. The summed E-state index contributed by atoms with van der Waals surface area (Å²) in [6, 6.07) is 18.2. The van der Waals surface area contributed by atoms with E-state index in [9.17, 15) is 4.79 Å². The van der Waals surface area contributed by atoms with Crippen molar-refractivity contribution in [1.82, 2.24) is 9.97 Å². The van der Waals surface area contributed by atoms with Gasteiger partial charge < -0.3 is 0 Å². The number of amides is 1. The number of aromatic nitrogens is 2. The molecule has 0 saturated heterocycles. The molecule has 3 aromatic carbocycles. The Morgan fingerprint density at radius 2 is 1.66 bits per heavy atom. The number of hydrogen-bond acceptors (Lipinski definition) is 4. The number of halogens is 3. The summed E-state index contributed by atoms with van der Waals surface area (Å²) in [5, 5.41) is 5.82. The molecule has 0 aliphatic carbocycles. The second-order valence-electron chi connectivity index (χ2n) is 7.19. The summed E-state index contributed by atoms with van der Waals surface area (Å²) >= 11 is 20.0. The number of nitrogens with one attached hydrogen (secondary N) is 1. The number of anilines is 1. The van der Waals surface area contributed by atoms with Crippen molar-refractivity contribution < 1.29 is 4.79 Å². The summed E-state index contributed by atoms with van der Waals surface area (Å²) in [6.45, 7) is 1.87. The number of para-hydroxylation sites is 1. The molecule has 2 heterocycles. The fourth-order valence-corrected chi connectivity index (χ4v) is 5.29. The monoisotopic (exact) mass is 497 g/mol. The smallest absolute Gasteiger partial charge is 0.258 e. The van der Waals surface area contributed by atoms with E-state index in [1.54, 1.807) is 18.2 Å². The molecule has 0 aliphatic rings. The molecule has 0 fully saturated rings. The van der Waals surface area contributed by atoms with Crippen LogP contribution in [-0.2, 0) is 0 Å². The molecule has 0 unspecified atom stereocenters. The predicted octanol–water partition coefficient (Wildman–Crippen LogP) is 8.03. The third-order valence-corrected chi connectivity index (χ3v) is 6.84. The van der Waals surface area contributed by atoms with Crippen molar-refractivity contribution in [2.45, 2.75) is 6.92 Å². The van der Waals surface area contributed by atoms with Crippen LogP contribution >= 0.6 is 46.1 Å². The number of fused-ring (bicyclic) bond motifs is 2. The zero-order valence-electron chi connectivity index (χ0n) is 16.6. The van der Waals surface area contributed by atoms with Crippen LogP contribution in [-0.4, -0.2) is 15.9 Å². The van der Waals surface area contributed by atoms with Crippen LogP contribution in [0.15, 0.2) is 60.7 Å². The molecule has 2 aromatic heterocycles. The maximum absolute atomic E-state index is 13.5. The van der Waals surface area contributed by atoms with E-state index in [1.807, 2.05) is 49.4 Å². The minimum atomic E-state index is -0.266. The third kappa shape index (κ3) is 3.82. The van der Waals surface area contributed by atoms with Crippen LogP contribution in [0.2, 0.25) is 15.1 Å². The number of carbonyl (C=O) groups is 1. The van der Waals surface area contributed by atoms with E-state index >= 15 is 0 Å². The lowest BCUT2D eigenvalue weighted by Crippen LogP contribution is -2.15. The third-order valence-electron chi connectivity index (χ3n) is 5.12. The highest BCUT2D eigenvalue weighted by Gasteiger charge is 2.21. The van der Waals surface area contributed by atoms with Crippen LogP contribution in [0, 0.1) is 6.92 Å². The van der Waals surface area contributed by atoms with Gasteiger partial charge in [-0.1, -0.05) is 64.3 Å². The summed E-state index contributed by atoms with van der Waals surface area (Å²) in [6.07, 6.45) is 0. The average molecular weight is 499 g/mol. The van der Waals surface area contributed by atoms with E-state index in [4.69, 9.17) is 39.8 Å². The van der Waals surface area contributed by atoms with Crippen molar-refractivity contribution in [2.24, 2.45) is 0 Å². The zero-order valence-corrected chi connectivity index (χ0v) is 19.7. The molecule has 5 aromatic rings. The maximum Gasteiger partial charge on any atom is 0.258 e. The normalized spacial score (nSPS) is 11.2. The van der Waals surface area contributed by atoms with Crippen LogP contribution in [0.5, 0.6) is 0 Å². The molecule has 32 heavy (non-hydrogen) atoms. The van der Waals surface area contributed by atoms with Gasteiger partial charge >= 0.3 is 0 Å². The first kappa shape index (κ1) is 21.2. The highest BCUT2D eigenvalue weighted by Crippen LogP contribution is 2.36. The van der Waals surface area contributed by atoms with E-state index in [2.05, 4.69) is 10.3 Å². The number of rotatable bonds is 3. The largest absolute Gasteiger partial charge is 0.298 e. The minimum absolute atomic E-state index is 0.266. The summed E-state index contributed by atoms with van der Waals surface area (Å²) in [4.78, 5) is 22.8. The van der Waals surface area contributed by atoms with Gasteiger partial charge in [-0.05, 0) is 55.0 Å². The quantitative estimate of drug-likeness (QED) is 0.274. The molecule has 0 bridgehead atoms. The van der Waals surface area contributed by atoms with Gasteiger partial charge in [0, 0.05) is 21.0 Å². The van der Waals surface area contributed by atoms with Crippen LogP contribution in [0.25, 0.3) is 32.4 Å². The Labute approximate surface area is 202 Å². The number of pyridine rings is 1. The van der Waals surface area contributed by atoms with Crippen LogP contribution in [0.1, 0.15) is 15.9 Å². The Hall–Kier alpha value is -2.70. The average Bonchev–Trinajstić information content (AvgIpc) is 3.14. The van der Waals surface area contributed by atoms with Crippen molar-refractivity contribution in [1.29, 1.82) is 0 Å². The Morgan fingerprint density at radius 3 is 2.47 bits per heavy atom. The Kier molecular flexibility index (Phi) is 5.51. The lowest BCUT2D eigenvalue weighted by atomic mass is 9.97. The van der Waals surface area contributed by atoms with Gasteiger partial charge in [0.1, 0.15) is 0 Å². The molecule has 1 amide bonds. The molecule has 158 valence electrons. The fourth-order valence-electron chi connectivity index (χ4n) is 3.66. The minimum Gasteiger partial charge on any atom is -0.298 e. The molecule has 0 atom stereocenters. The van der Waals surface area contributed by atoms with Crippen LogP contribution in [0.4, 0.5) is 5.13 Å². The van der Waals surface area contributed by atoms with Gasteiger partial charge in [0.25, 0.3) is 5.91 Å². The van der Waals surface area contributed by atoms with E-state index in [-0.39, 0.29) is 5.91 Å². The van der Waals surface area contributed by atoms with Crippen molar-refractivity contribution in [3.05, 3.63) is 86.9 Å². The van der Waals surface area contributed by atoms with Crippen LogP contribution < -0.4 is 5.32 Å². The fraction of sp³-hybridized carbons (Fsp3) is 0.0417. The molecule has 0 aliphatic heterocycles. The molecule has 1 N–H and O–H groups in total. The van der Waals surface area contributed by atoms with Crippen molar-refractivity contribution in [3.8, 4) is 11.3 Å². The first-order valence-electron chi connectivity index (χ1n) is 9.63. The molecule has 8 heteroatoms. The highest BCUT2D eigenvalue weighted by atomic mass is 35.5. The zero-order chi connectivity index (χ0) is 22.4. The van der Waals surface area contributed by atoms with Gasteiger partial charge in [0.2, 0.25) is 0 Å².